The first-order valence-corrected chi connectivity index (χ1v) is 11.9. The second-order valence-corrected chi connectivity index (χ2v) is 8.75. The Bertz CT molecular complexity index is 1080. The minimum atomic E-state index is -4.45. The Morgan fingerprint density at radius 2 is 1.71 bits per heavy atom. The summed E-state index contributed by atoms with van der Waals surface area (Å²) in [5.41, 5.74) is 0.556. The number of benzene rings is 2. The summed E-state index contributed by atoms with van der Waals surface area (Å²) >= 11 is 0. The largest absolute Gasteiger partial charge is 0.417 e. The van der Waals surface area contributed by atoms with Crippen molar-refractivity contribution in [2.75, 3.05) is 50.7 Å². The van der Waals surface area contributed by atoms with Gasteiger partial charge < -0.3 is 9.42 Å². The van der Waals surface area contributed by atoms with Gasteiger partial charge in [-0.3, -0.25) is 9.80 Å². The molecule has 1 aliphatic heterocycles. The van der Waals surface area contributed by atoms with E-state index in [0.29, 0.717) is 12.3 Å². The van der Waals surface area contributed by atoms with Crippen LogP contribution < -0.4 is 4.90 Å². The van der Waals surface area contributed by atoms with Gasteiger partial charge in [-0.1, -0.05) is 30.3 Å². The van der Waals surface area contributed by atoms with E-state index in [1.54, 1.807) is 12.1 Å². The van der Waals surface area contributed by atoms with Crippen LogP contribution in [0, 0.1) is 5.82 Å². The van der Waals surface area contributed by atoms with E-state index in [2.05, 4.69) is 26.8 Å². The maximum atomic E-state index is 13.3. The highest BCUT2D eigenvalue weighted by Crippen LogP contribution is 2.36. The first kappa shape index (κ1) is 25.2. The molecule has 0 aliphatic carbocycles. The average Bonchev–Trinajstić information content (AvgIpc) is 3.32. The van der Waals surface area contributed by atoms with Gasteiger partial charge in [-0.2, -0.15) is 13.2 Å². The Hall–Kier alpha value is -2.91. The smallest absolute Gasteiger partial charge is 0.369 e. The van der Waals surface area contributed by atoms with Gasteiger partial charge in [0.15, 0.2) is 5.76 Å². The molecule has 0 N–H and O–H groups in total. The fraction of sp³-hybridized carbons (Fsp3) is 0.423. The molecule has 0 saturated carbocycles. The number of aromatic nitrogens is 1. The second-order valence-electron chi connectivity index (χ2n) is 8.75. The lowest BCUT2D eigenvalue weighted by molar-refractivity contribution is -0.137. The third-order valence-corrected chi connectivity index (χ3v) is 6.41. The van der Waals surface area contributed by atoms with Gasteiger partial charge in [0.25, 0.3) is 0 Å². The molecule has 1 aliphatic rings. The maximum Gasteiger partial charge on any atom is 0.417 e. The molecule has 3 aromatic rings. The van der Waals surface area contributed by atoms with Gasteiger partial charge >= 0.3 is 6.18 Å². The zero-order valence-corrected chi connectivity index (χ0v) is 19.8. The summed E-state index contributed by atoms with van der Waals surface area (Å²) < 4.78 is 58.5. The van der Waals surface area contributed by atoms with Crippen LogP contribution in [0.25, 0.3) is 11.3 Å². The predicted octanol–water partition coefficient (Wildman–Crippen LogP) is 5.53. The van der Waals surface area contributed by atoms with Crippen LogP contribution in [0.1, 0.15) is 24.7 Å². The topological polar surface area (TPSA) is 35.8 Å². The first-order valence-electron chi connectivity index (χ1n) is 11.9. The van der Waals surface area contributed by atoms with E-state index in [9.17, 15) is 17.6 Å². The molecule has 0 unspecified atom stereocenters. The highest BCUT2D eigenvalue weighted by molar-refractivity contribution is 5.64. The molecular formula is C26H30F4N4O. The fourth-order valence-corrected chi connectivity index (χ4v) is 4.44. The van der Waals surface area contributed by atoms with Gasteiger partial charge in [0.1, 0.15) is 11.5 Å². The fourth-order valence-electron chi connectivity index (χ4n) is 4.44. The molecule has 2 heterocycles. The summed E-state index contributed by atoms with van der Waals surface area (Å²) in [6.45, 7) is 8.88. The van der Waals surface area contributed by atoms with Crippen molar-refractivity contribution in [3.05, 3.63) is 71.7 Å². The van der Waals surface area contributed by atoms with Crippen LogP contribution in [-0.2, 0) is 12.7 Å². The summed E-state index contributed by atoms with van der Waals surface area (Å²) in [6.07, 6.45) is -3.47. The Kier molecular flexibility index (Phi) is 8.07. The number of anilines is 1. The number of nitrogens with zero attached hydrogens (tertiary/aromatic N) is 4. The van der Waals surface area contributed by atoms with E-state index < -0.39 is 11.7 Å². The lowest BCUT2D eigenvalue weighted by Gasteiger charge is -2.36. The molecule has 1 fully saturated rings. The molecule has 4 rings (SSSR count). The van der Waals surface area contributed by atoms with Crippen LogP contribution in [0.15, 0.2) is 59.1 Å². The van der Waals surface area contributed by atoms with E-state index in [1.807, 2.05) is 12.1 Å². The molecule has 5 nitrogen and oxygen atoms in total. The summed E-state index contributed by atoms with van der Waals surface area (Å²) in [7, 11) is 0. The van der Waals surface area contributed by atoms with Gasteiger partial charge in [-0.15, -0.1) is 0 Å². The van der Waals surface area contributed by atoms with E-state index in [0.717, 1.165) is 64.0 Å². The summed E-state index contributed by atoms with van der Waals surface area (Å²) in [6, 6.07) is 13.6. The average molecular weight is 491 g/mol. The molecule has 0 radical (unpaired) electrons. The van der Waals surface area contributed by atoms with Crippen LogP contribution in [0.2, 0.25) is 0 Å². The molecule has 0 atom stereocenters. The Balaban J connectivity index is 1.25. The third kappa shape index (κ3) is 6.61. The summed E-state index contributed by atoms with van der Waals surface area (Å²) in [5.74, 6) is 0.326. The molecule has 35 heavy (non-hydrogen) atoms. The molecule has 0 bridgehead atoms. The molecule has 2 aromatic carbocycles. The summed E-state index contributed by atoms with van der Waals surface area (Å²) in [4.78, 5) is 6.90. The molecule has 0 amide bonds. The zero-order chi connectivity index (χ0) is 24.8. The van der Waals surface area contributed by atoms with Crippen molar-refractivity contribution >= 4 is 5.69 Å². The normalized spacial score (nSPS) is 15.2. The third-order valence-electron chi connectivity index (χ3n) is 6.41. The molecule has 1 aromatic heterocycles. The van der Waals surface area contributed by atoms with Crippen molar-refractivity contribution in [1.82, 2.24) is 15.0 Å². The van der Waals surface area contributed by atoms with Crippen molar-refractivity contribution in [1.29, 1.82) is 0 Å². The van der Waals surface area contributed by atoms with Crippen LogP contribution >= 0.6 is 0 Å². The van der Waals surface area contributed by atoms with E-state index in [1.165, 1.54) is 24.3 Å². The molecule has 9 heteroatoms. The van der Waals surface area contributed by atoms with Crippen molar-refractivity contribution < 1.29 is 22.1 Å². The number of piperazine rings is 1. The van der Waals surface area contributed by atoms with Crippen LogP contribution in [0.3, 0.4) is 0 Å². The van der Waals surface area contributed by atoms with Crippen molar-refractivity contribution in [2.45, 2.75) is 26.1 Å². The van der Waals surface area contributed by atoms with E-state index >= 15 is 0 Å². The van der Waals surface area contributed by atoms with Gasteiger partial charge in [0, 0.05) is 43.5 Å². The van der Waals surface area contributed by atoms with Gasteiger partial charge in [-0.05, 0) is 56.4 Å². The predicted molar refractivity (Wildman–Crippen MR) is 128 cm³/mol. The lowest BCUT2D eigenvalue weighted by atomic mass is 10.0. The highest BCUT2D eigenvalue weighted by Gasteiger charge is 2.34. The second kappa shape index (κ2) is 11.2. The molecule has 1 saturated heterocycles. The monoisotopic (exact) mass is 490 g/mol. The summed E-state index contributed by atoms with van der Waals surface area (Å²) in [5, 5.41) is 3.90. The van der Waals surface area contributed by atoms with Gasteiger partial charge in [0.05, 0.1) is 12.1 Å². The van der Waals surface area contributed by atoms with Gasteiger partial charge in [-0.25, -0.2) is 4.39 Å². The highest BCUT2D eigenvalue weighted by atomic mass is 19.4. The molecule has 188 valence electrons. The quantitative estimate of drug-likeness (QED) is 0.369. The van der Waals surface area contributed by atoms with Crippen molar-refractivity contribution in [3.63, 3.8) is 0 Å². The SMILES string of the molecule is CCN(CCCN1CCN(c2ccc(F)cc2)CC1)Cc1cc(-c2ccccc2C(F)(F)F)no1. The number of hydrogen-bond acceptors (Lipinski definition) is 5. The number of hydrogen-bond donors (Lipinski definition) is 0. The number of halogens is 4. The minimum absolute atomic E-state index is 0.0258. The molecular weight excluding hydrogens is 460 g/mol. The minimum Gasteiger partial charge on any atom is -0.369 e. The van der Waals surface area contributed by atoms with Crippen LogP contribution in [0.4, 0.5) is 23.2 Å². The van der Waals surface area contributed by atoms with Crippen molar-refractivity contribution in [2.24, 2.45) is 0 Å². The Labute approximate surface area is 202 Å². The van der Waals surface area contributed by atoms with E-state index in [-0.39, 0.29) is 17.1 Å². The Morgan fingerprint density at radius 1 is 1.00 bits per heavy atom. The molecule has 0 spiro atoms. The Morgan fingerprint density at radius 3 is 2.40 bits per heavy atom. The number of alkyl halides is 3. The first-order chi connectivity index (χ1) is 16.8. The number of rotatable bonds is 9. The lowest BCUT2D eigenvalue weighted by Crippen LogP contribution is -2.47. The van der Waals surface area contributed by atoms with E-state index in [4.69, 9.17) is 4.52 Å². The van der Waals surface area contributed by atoms with Crippen LogP contribution in [-0.4, -0.2) is 60.8 Å². The van der Waals surface area contributed by atoms with Crippen LogP contribution in [0.5, 0.6) is 0 Å². The van der Waals surface area contributed by atoms with Gasteiger partial charge in [0.2, 0.25) is 0 Å². The zero-order valence-electron chi connectivity index (χ0n) is 19.8. The standard InChI is InChI=1S/C26H30F4N4O/c1-2-32(12-5-13-33-14-16-34(17-15-33)21-10-8-20(27)9-11-21)19-22-18-25(31-35-22)23-6-3-4-7-24(23)26(28,29)30/h3-4,6-11,18H,2,5,12-17,19H2,1H3. The van der Waals surface area contributed by atoms with Crippen molar-refractivity contribution in [3.8, 4) is 11.3 Å². The maximum absolute atomic E-state index is 13.3.